The molecular weight excluding hydrogens is 274 g/mol. The molecule has 1 aromatic heterocycles. The first-order valence-electron chi connectivity index (χ1n) is 7.34. The highest BCUT2D eigenvalue weighted by Gasteiger charge is 2.11. The highest BCUT2D eigenvalue weighted by Crippen LogP contribution is 2.32. The molecule has 0 bridgehead atoms. The molecule has 0 saturated heterocycles. The van der Waals surface area contributed by atoms with Crippen molar-refractivity contribution in [3.63, 3.8) is 0 Å². The highest BCUT2D eigenvalue weighted by molar-refractivity contribution is 6.10. The number of allylic oxidation sites excluding steroid dienone is 2. The van der Waals surface area contributed by atoms with Crippen molar-refractivity contribution < 1.29 is 9.53 Å². The molecule has 0 amide bonds. The van der Waals surface area contributed by atoms with E-state index in [1.807, 2.05) is 12.1 Å². The number of hydrogen-bond donors (Lipinski definition) is 1. The van der Waals surface area contributed by atoms with E-state index in [-0.39, 0.29) is 0 Å². The van der Waals surface area contributed by atoms with Crippen LogP contribution in [0.2, 0.25) is 0 Å². The number of fused-ring (bicyclic) bond motifs is 3. The van der Waals surface area contributed by atoms with Crippen LogP contribution in [0.5, 0.6) is 5.75 Å². The van der Waals surface area contributed by atoms with Crippen LogP contribution in [0.1, 0.15) is 29.8 Å². The number of ether oxygens (including phenoxy) is 1. The van der Waals surface area contributed by atoms with E-state index in [9.17, 15) is 4.79 Å². The molecule has 112 valence electrons. The summed E-state index contributed by atoms with van der Waals surface area (Å²) in [6.07, 6.45) is 3.95. The van der Waals surface area contributed by atoms with Crippen LogP contribution in [-0.2, 0) is 6.42 Å². The number of carbonyl (C=O) groups is 1. The first-order chi connectivity index (χ1) is 10.6. The second-order valence-corrected chi connectivity index (χ2v) is 5.71. The third-order valence-electron chi connectivity index (χ3n) is 3.93. The number of para-hydroxylation sites is 1. The van der Waals surface area contributed by atoms with E-state index in [1.54, 1.807) is 7.11 Å². The molecule has 0 aliphatic carbocycles. The van der Waals surface area contributed by atoms with Gasteiger partial charge in [0.25, 0.3) is 0 Å². The molecule has 3 rings (SSSR count). The van der Waals surface area contributed by atoms with Crippen LogP contribution in [0, 0.1) is 0 Å². The number of benzene rings is 2. The Kier molecular flexibility index (Phi) is 3.72. The standard InChI is InChI=1S/C19H19NO2/c1-12(2)7-8-13-5-4-6-15-16-9-14(11-21)18(22-3)10-17(16)20-19(13)15/h4-7,9-11,20H,8H2,1-3H3. The van der Waals surface area contributed by atoms with Gasteiger partial charge in [0.05, 0.1) is 23.7 Å². The summed E-state index contributed by atoms with van der Waals surface area (Å²) >= 11 is 0. The van der Waals surface area contributed by atoms with E-state index in [0.29, 0.717) is 11.3 Å². The van der Waals surface area contributed by atoms with Crippen molar-refractivity contribution in [2.75, 3.05) is 7.11 Å². The van der Waals surface area contributed by atoms with Crippen LogP contribution in [0.25, 0.3) is 21.8 Å². The van der Waals surface area contributed by atoms with E-state index >= 15 is 0 Å². The van der Waals surface area contributed by atoms with E-state index in [2.05, 4.69) is 43.1 Å². The highest BCUT2D eigenvalue weighted by atomic mass is 16.5. The fourth-order valence-electron chi connectivity index (χ4n) is 2.78. The van der Waals surface area contributed by atoms with Crippen LogP contribution in [-0.4, -0.2) is 18.4 Å². The fourth-order valence-corrected chi connectivity index (χ4v) is 2.78. The largest absolute Gasteiger partial charge is 0.496 e. The third kappa shape index (κ3) is 2.39. The Morgan fingerprint density at radius 2 is 2.05 bits per heavy atom. The molecule has 0 fully saturated rings. The number of hydrogen-bond acceptors (Lipinski definition) is 2. The molecule has 0 unspecified atom stereocenters. The van der Waals surface area contributed by atoms with Crippen molar-refractivity contribution in [1.29, 1.82) is 0 Å². The lowest BCUT2D eigenvalue weighted by Crippen LogP contribution is -1.89. The van der Waals surface area contributed by atoms with Crippen molar-refractivity contribution in [2.24, 2.45) is 0 Å². The minimum Gasteiger partial charge on any atom is -0.496 e. The summed E-state index contributed by atoms with van der Waals surface area (Å²) in [6.45, 7) is 4.21. The van der Waals surface area contributed by atoms with Crippen molar-refractivity contribution >= 4 is 28.1 Å². The molecule has 0 atom stereocenters. The average molecular weight is 293 g/mol. The summed E-state index contributed by atoms with van der Waals surface area (Å²) in [5, 5.41) is 2.19. The molecule has 0 aliphatic rings. The second-order valence-electron chi connectivity index (χ2n) is 5.71. The predicted octanol–water partition coefficient (Wildman–Crippen LogP) is 4.65. The van der Waals surface area contributed by atoms with Crippen molar-refractivity contribution in [2.45, 2.75) is 20.3 Å². The maximum Gasteiger partial charge on any atom is 0.153 e. The van der Waals surface area contributed by atoms with Gasteiger partial charge in [-0.2, -0.15) is 0 Å². The normalized spacial score (nSPS) is 10.9. The van der Waals surface area contributed by atoms with Gasteiger partial charge < -0.3 is 9.72 Å². The number of aromatic amines is 1. The lowest BCUT2D eigenvalue weighted by atomic mass is 10.0. The number of methoxy groups -OCH3 is 1. The van der Waals surface area contributed by atoms with Crippen molar-refractivity contribution in [1.82, 2.24) is 4.98 Å². The maximum absolute atomic E-state index is 11.2. The molecular formula is C19H19NO2. The molecule has 22 heavy (non-hydrogen) atoms. The van der Waals surface area contributed by atoms with Gasteiger partial charge in [-0.15, -0.1) is 0 Å². The Bertz CT molecular complexity index is 883. The summed E-state index contributed by atoms with van der Waals surface area (Å²) < 4.78 is 5.29. The van der Waals surface area contributed by atoms with Crippen LogP contribution >= 0.6 is 0 Å². The predicted molar refractivity (Wildman–Crippen MR) is 90.9 cm³/mol. The van der Waals surface area contributed by atoms with Gasteiger partial charge in [-0.3, -0.25) is 4.79 Å². The lowest BCUT2D eigenvalue weighted by Gasteiger charge is -2.03. The average Bonchev–Trinajstić information content (AvgIpc) is 2.89. The molecule has 0 radical (unpaired) electrons. The third-order valence-corrected chi connectivity index (χ3v) is 3.93. The Morgan fingerprint density at radius 1 is 1.23 bits per heavy atom. The SMILES string of the molecule is COc1cc2[nH]c3c(CC=C(C)C)cccc3c2cc1C=O. The first-order valence-corrected chi connectivity index (χ1v) is 7.34. The Balaban J connectivity index is 2.27. The van der Waals surface area contributed by atoms with E-state index in [0.717, 1.165) is 34.5 Å². The lowest BCUT2D eigenvalue weighted by molar-refractivity contribution is 0.112. The van der Waals surface area contributed by atoms with Gasteiger partial charge in [0.1, 0.15) is 5.75 Å². The van der Waals surface area contributed by atoms with Crippen LogP contribution in [0.4, 0.5) is 0 Å². The maximum atomic E-state index is 11.2. The number of rotatable bonds is 4. The molecule has 3 heteroatoms. The van der Waals surface area contributed by atoms with Gasteiger partial charge in [0, 0.05) is 16.8 Å². The minimum absolute atomic E-state index is 0.575. The van der Waals surface area contributed by atoms with Crippen LogP contribution in [0.15, 0.2) is 42.0 Å². The van der Waals surface area contributed by atoms with E-state index < -0.39 is 0 Å². The fraction of sp³-hybridized carbons (Fsp3) is 0.211. The van der Waals surface area contributed by atoms with Gasteiger partial charge in [-0.25, -0.2) is 0 Å². The Morgan fingerprint density at radius 3 is 2.73 bits per heavy atom. The molecule has 1 heterocycles. The molecule has 0 spiro atoms. The number of aldehydes is 1. The molecule has 0 saturated carbocycles. The zero-order valence-corrected chi connectivity index (χ0v) is 13.1. The summed E-state index contributed by atoms with van der Waals surface area (Å²) in [4.78, 5) is 14.7. The molecule has 3 aromatic rings. The molecule has 3 nitrogen and oxygen atoms in total. The van der Waals surface area contributed by atoms with Crippen LogP contribution in [0.3, 0.4) is 0 Å². The quantitative estimate of drug-likeness (QED) is 0.562. The number of carbonyl (C=O) groups excluding carboxylic acids is 1. The van der Waals surface area contributed by atoms with Crippen LogP contribution < -0.4 is 4.74 Å². The zero-order chi connectivity index (χ0) is 15.7. The minimum atomic E-state index is 0.575. The monoisotopic (exact) mass is 293 g/mol. The van der Waals surface area contributed by atoms with Gasteiger partial charge in [0.2, 0.25) is 0 Å². The molecule has 0 aliphatic heterocycles. The summed E-state index contributed by atoms with van der Waals surface area (Å²) in [6, 6.07) is 10.1. The van der Waals surface area contributed by atoms with Gasteiger partial charge in [0.15, 0.2) is 6.29 Å². The molecule has 1 N–H and O–H groups in total. The topological polar surface area (TPSA) is 42.1 Å². The Hall–Kier alpha value is -2.55. The van der Waals surface area contributed by atoms with E-state index in [4.69, 9.17) is 4.74 Å². The first kappa shape index (κ1) is 14.4. The number of aromatic nitrogens is 1. The van der Waals surface area contributed by atoms with Gasteiger partial charge in [-0.05, 0) is 31.9 Å². The van der Waals surface area contributed by atoms with Gasteiger partial charge >= 0.3 is 0 Å². The Labute approximate surface area is 129 Å². The van der Waals surface area contributed by atoms with E-state index in [1.165, 1.54) is 11.1 Å². The number of H-pyrrole nitrogens is 1. The van der Waals surface area contributed by atoms with Gasteiger partial charge in [-0.1, -0.05) is 29.8 Å². The zero-order valence-electron chi connectivity index (χ0n) is 13.1. The van der Waals surface area contributed by atoms with Crippen molar-refractivity contribution in [3.05, 3.63) is 53.1 Å². The summed E-state index contributed by atoms with van der Waals surface area (Å²) in [7, 11) is 1.58. The summed E-state index contributed by atoms with van der Waals surface area (Å²) in [5.41, 5.74) is 5.24. The second kappa shape index (κ2) is 5.68. The summed E-state index contributed by atoms with van der Waals surface area (Å²) in [5.74, 6) is 0.597. The number of nitrogens with one attached hydrogen (secondary N) is 1. The smallest absolute Gasteiger partial charge is 0.153 e. The molecule has 2 aromatic carbocycles. The van der Waals surface area contributed by atoms with Crippen molar-refractivity contribution in [3.8, 4) is 5.75 Å².